The zero-order valence-corrected chi connectivity index (χ0v) is 15.0. The van der Waals surface area contributed by atoms with Crippen molar-refractivity contribution < 1.29 is 22.7 Å². The number of amides is 1. The number of alkyl halides is 3. The molecule has 1 unspecified atom stereocenters. The van der Waals surface area contributed by atoms with Crippen molar-refractivity contribution in [3.05, 3.63) is 18.1 Å². The van der Waals surface area contributed by atoms with E-state index in [0.717, 1.165) is 25.2 Å². The molecule has 1 amide bonds. The number of carbonyl (C=O) groups is 1. The summed E-state index contributed by atoms with van der Waals surface area (Å²) in [5.41, 5.74) is -1.51. The smallest absolute Gasteiger partial charge is 0.433 e. The SMILES string of the molecule is CC(C)(C)OC(=O)N[C@@H]1C2CC[C@H]1CN(c1cc(C(F)(F)F)ncn1)C2. The van der Waals surface area contributed by atoms with Crippen molar-refractivity contribution in [3.63, 3.8) is 0 Å². The molecule has 2 bridgehead atoms. The highest BCUT2D eigenvalue weighted by Crippen LogP contribution is 2.39. The van der Waals surface area contributed by atoms with Crippen LogP contribution >= 0.6 is 0 Å². The summed E-state index contributed by atoms with van der Waals surface area (Å²) in [6, 6.07) is 0.964. The molecule has 1 saturated carbocycles. The van der Waals surface area contributed by atoms with Crippen LogP contribution < -0.4 is 10.2 Å². The number of nitrogens with one attached hydrogen (secondary N) is 1. The van der Waals surface area contributed by atoms with Crippen molar-refractivity contribution in [1.82, 2.24) is 15.3 Å². The lowest BCUT2D eigenvalue weighted by Gasteiger charge is -2.39. The van der Waals surface area contributed by atoms with Gasteiger partial charge in [-0.2, -0.15) is 13.2 Å². The van der Waals surface area contributed by atoms with Crippen LogP contribution in [0.4, 0.5) is 23.8 Å². The number of hydrogen-bond acceptors (Lipinski definition) is 5. The lowest BCUT2D eigenvalue weighted by atomic mass is 9.92. The van der Waals surface area contributed by atoms with Crippen molar-refractivity contribution in [1.29, 1.82) is 0 Å². The minimum atomic E-state index is -4.49. The first-order valence-electron chi connectivity index (χ1n) is 8.66. The highest BCUT2D eigenvalue weighted by molar-refractivity contribution is 5.68. The molecular weight excluding hydrogens is 349 g/mol. The maximum Gasteiger partial charge on any atom is 0.433 e. The van der Waals surface area contributed by atoms with Gasteiger partial charge in [0.1, 0.15) is 23.4 Å². The molecule has 0 spiro atoms. The maximum absolute atomic E-state index is 12.9. The quantitative estimate of drug-likeness (QED) is 0.863. The molecule has 2 fully saturated rings. The van der Waals surface area contributed by atoms with E-state index in [0.29, 0.717) is 13.1 Å². The molecule has 26 heavy (non-hydrogen) atoms. The van der Waals surface area contributed by atoms with Gasteiger partial charge in [-0.15, -0.1) is 0 Å². The van der Waals surface area contributed by atoms with E-state index in [1.165, 1.54) is 0 Å². The van der Waals surface area contributed by atoms with Crippen LogP contribution in [0.3, 0.4) is 0 Å². The monoisotopic (exact) mass is 372 g/mol. The van der Waals surface area contributed by atoms with E-state index < -0.39 is 23.6 Å². The fourth-order valence-electron chi connectivity index (χ4n) is 3.76. The second kappa shape index (κ2) is 6.59. The Morgan fingerprint density at radius 3 is 2.35 bits per heavy atom. The van der Waals surface area contributed by atoms with E-state index in [1.807, 2.05) is 4.90 Å². The minimum Gasteiger partial charge on any atom is -0.444 e. The van der Waals surface area contributed by atoms with E-state index in [2.05, 4.69) is 15.3 Å². The number of piperidine rings is 1. The fourth-order valence-corrected chi connectivity index (χ4v) is 3.76. The van der Waals surface area contributed by atoms with Gasteiger partial charge in [-0.25, -0.2) is 14.8 Å². The molecule has 1 aromatic heterocycles. The number of aromatic nitrogens is 2. The molecule has 1 N–H and O–H groups in total. The number of rotatable bonds is 2. The lowest BCUT2D eigenvalue weighted by Crippen LogP contribution is -2.53. The number of alkyl carbamates (subject to hydrolysis) is 1. The summed E-state index contributed by atoms with van der Waals surface area (Å²) >= 11 is 0. The second-order valence-electron chi connectivity index (χ2n) is 7.93. The zero-order valence-electron chi connectivity index (χ0n) is 15.0. The Hall–Kier alpha value is -2.06. The Kier molecular flexibility index (Phi) is 4.74. The Labute approximate surface area is 150 Å². The molecule has 144 valence electrons. The van der Waals surface area contributed by atoms with Crippen LogP contribution in [-0.2, 0) is 10.9 Å². The van der Waals surface area contributed by atoms with Crippen molar-refractivity contribution in [2.75, 3.05) is 18.0 Å². The largest absolute Gasteiger partial charge is 0.444 e. The molecule has 9 heteroatoms. The van der Waals surface area contributed by atoms with Crippen LogP contribution in [0.5, 0.6) is 0 Å². The van der Waals surface area contributed by atoms with Gasteiger partial charge in [0, 0.05) is 25.2 Å². The summed E-state index contributed by atoms with van der Waals surface area (Å²) in [5.74, 6) is 0.594. The van der Waals surface area contributed by atoms with Crippen molar-refractivity contribution >= 4 is 11.9 Å². The number of hydrogen-bond donors (Lipinski definition) is 1. The molecule has 1 saturated heterocycles. The number of nitrogens with zero attached hydrogens (tertiary/aromatic N) is 3. The fraction of sp³-hybridized carbons (Fsp3) is 0.706. The van der Waals surface area contributed by atoms with Crippen LogP contribution in [0.25, 0.3) is 0 Å². The van der Waals surface area contributed by atoms with Crippen molar-refractivity contribution in [2.45, 2.75) is 51.4 Å². The summed E-state index contributed by atoms with van der Waals surface area (Å²) in [4.78, 5) is 21.2. The predicted octanol–water partition coefficient (Wildman–Crippen LogP) is 3.23. The van der Waals surface area contributed by atoms with Gasteiger partial charge in [0.25, 0.3) is 0 Å². The molecule has 2 heterocycles. The van der Waals surface area contributed by atoms with Crippen molar-refractivity contribution in [2.24, 2.45) is 11.8 Å². The first-order valence-corrected chi connectivity index (χ1v) is 8.66. The van der Waals surface area contributed by atoms with Crippen LogP contribution in [0.15, 0.2) is 12.4 Å². The number of anilines is 1. The molecule has 2 aliphatic rings. The molecule has 6 nitrogen and oxygen atoms in total. The van der Waals surface area contributed by atoms with Gasteiger partial charge in [-0.3, -0.25) is 0 Å². The van der Waals surface area contributed by atoms with Gasteiger partial charge in [0.2, 0.25) is 0 Å². The molecular formula is C17H23F3N4O2. The van der Waals surface area contributed by atoms with E-state index >= 15 is 0 Å². The average molecular weight is 372 g/mol. The Balaban J connectivity index is 1.68. The van der Waals surface area contributed by atoms with E-state index in [9.17, 15) is 18.0 Å². The Morgan fingerprint density at radius 2 is 1.81 bits per heavy atom. The zero-order chi connectivity index (χ0) is 19.1. The second-order valence-corrected chi connectivity index (χ2v) is 7.93. The molecule has 1 aliphatic heterocycles. The van der Waals surface area contributed by atoms with Crippen molar-refractivity contribution in [3.8, 4) is 0 Å². The molecule has 3 atom stereocenters. The van der Waals surface area contributed by atoms with E-state index in [4.69, 9.17) is 4.74 Å². The van der Waals surface area contributed by atoms with Gasteiger partial charge in [0.05, 0.1) is 0 Å². The van der Waals surface area contributed by atoms with Gasteiger partial charge in [0.15, 0.2) is 0 Å². The Morgan fingerprint density at radius 1 is 1.19 bits per heavy atom. The number of carbonyl (C=O) groups excluding carboxylic acids is 1. The summed E-state index contributed by atoms with van der Waals surface area (Å²) < 4.78 is 43.9. The van der Waals surface area contributed by atoms with Crippen LogP contribution in [0, 0.1) is 11.8 Å². The van der Waals surface area contributed by atoms with Crippen LogP contribution in [0.2, 0.25) is 0 Å². The van der Waals surface area contributed by atoms with Gasteiger partial charge >= 0.3 is 12.3 Å². The summed E-state index contributed by atoms with van der Waals surface area (Å²) in [6.45, 7) is 6.50. The number of ether oxygens (including phenoxy) is 1. The highest BCUT2D eigenvalue weighted by atomic mass is 19.4. The molecule has 0 radical (unpaired) electrons. The normalized spacial score (nSPS) is 25.9. The third kappa shape index (κ3) is 4.19. The first kappa shape index (κ1) is 18.7. The molecule has 3 rings (SSSR count). The molecule has 1 aromatic rings. The average Bonchev–Trinajstić information content (AvgIpc) is 2.75. The van der Waals surface area contributed by atoms with E-state index in [1.54, 1.807) is 20.8 Å². The topological polar surface area (TPSA) is 67.3 Å². The molecule has 0 aromatic carbocycles. The van der Waals surface area contributed by atoms with E-state index in [-0.39, 0.29) is 23.7 Å². The standard InChI is InChI=1S/C17H23F3N4O2/c1-16(2,3)26-15(25)23-14-10-4-5-11(14)8-24(7-10)13-6-12(17(18,19)20)21-9-22-13/h6,9-11,14H,4-5,7-8H2,1-3H3,(H,23,25)/t10-,11?,14-/m0/s1. The Bertz CT molecular complexity index is 661. The van der Waals surface area contributed by atoms with Gasteiger partial charge < -0.3 is 15.0 Å². The highest BCUT2D eigenvalue weighted by Gasteiger charge is 2.44. The number of fused-ring (bicyclic) bond motifs is 2. The number of halogens is 3. The van der Waals surface area contributed by atoms with Gasteiger partial charge in [-0.05, 0) is 45.4 Å². The third-order valence-corrected chi connectivity index (χ3v) is 4.78. The minimum absolute atomic E-state index is 0.0231. The van der Waals surface area contributed by atoms with Gasteiger partial charge in [-0.1, -0.05) is 0 Å². The molecule has 1 aliphatic carbocycles. The summed E-state index contributed by atoms with van der Waals surface area (Å²) in [7, 11) is 0. The lowest BCUT2D eigenvalue weighted by molar-refractivity contribution is -0.141. The van der Waals surface area contributed by atoms with Crippen LogP contribution in [-0.4, -0.2) is 40.8 Å². The third-order valence-electron chi connectivity index (χ3n) is 4.78. The maximum atomic E-state index is 12.9. The predicted molar refractivity (Wildman–Crippen MR) is 88.6 cm³/mol. The summed E-state index contributed by atoms with van der Waals surface area (Å²) in [6.07, 6.45) is -2.16. The first-order chi connectivity index (χ1) is 12.0. The van der Waals surface area contributed by atoms with Crippen LogP contribution in [0.1, 0.15) is 39.3 Å². The summed E-state index contributed by atoms with van der Waals surface area (Å²) in [5, 5.41) is 2.94.